The Hall–Kier alpha value is -2.76. The van der Waals surface area contributed by atoms with E-state index in [0.717, 1.165) is 38.3 Å². The Kier molecular flexibility index (Phi) is 3.95. The second-order valence-corrected chi connectivity index (χ2v) is 6.64. The molecule has 0 saturated heterocycles. The van der Waals surface area contributed by atoms with E-state index in [9.17, 15) is 9.59 Å². The summed E-state index contributed by atoms with van der Waals surface area (Å²) in [6.07, 6.45) is 7.48. The van der Waals surface area contributed by atoms with E-state index < -0.39 is 5.97 Å². The normalized spacial score (nSPS) is 19.1. The predicted molar refractivity (Wildman–Crippen MR) is 90.3 cm³/mol. The van der Waals surface area contributed by atoms with Crippen LogP contribution in [0.2, 0.25) is 0 Å². The van der Waals surface area contributed by atoms with E-state index >= 15 is 0 Å². The van der Waals surface area contributed by atoms with Crippen molar-refractivity contribution in [1.29, 1.82) is 0 Å². The third-order valence-electron chi connectivity index (χ3n) is 4.94. The minimum atomic E-state index is -1.15. The van der Waals surface area contributed by atoms with Crippen LogP contribution in [0.3, 0.4) is 0 Å². The SMILES string of the molecule is O=C(O)c1cnc(C(=O)N(C2CC2)C2CCCc3ccccc32)cn1. The van der Waals surface area contributed by atoms with Crippen LogP contribution in [0.5, 0.6) is 0 Å². The lowest BCUT2D eigenvalue weighted by atomic mass is 9.86. The summed E-state index contributed by atoms with van der Waals surface area (Å²) in [7, 11) is 0. The van der Waals surface area contributed by atoms with Gasteiger partial charge in [-0.3, -0.25) is 4.79 Å². The number of aryl methyl sites for hydroxylation is 1. The molecular weight excluding hydrogens is 318 g/mol. The fourth-order valence-electron chi connectivity index (χ4n) is 3.61. The Labute approximate surface area is 145 Å². The third-order valence-corrected chi connectivity index (χ3v) is 4.94. The standard InChI is InChI=1S/C19H19N3O3/c23-18(15-10-21-16(11-20-15)19(24)25)22(13-8-9-13)17-7-3-5-12-4-1-2-6-14(12)17/h1-2,4,6,10-11,13,17H,3,5,7-9H2,(H,24,25). The molecule has 1 heterocycles. The quantitative estimate of drug-likeness (QED) is 0.927. The molecule has 6 nitrogen and oxygen atoms in total. The summed E-state index contributed by atoms with van der Waals surface area (Å²) in [5.41, 5.74) is 2.59. The molecule has 0 spiro atoms. The largest absolute Gasteiger partial charge is 0.476 e. The highest BCUT2D eigenvalue weighted by Crippen LogP contribution is 2.41. The molecule has 128 valence electrons. The first-order valence-electron chi connectivity index (χ1n) is 8.61. The van der Waals surface area contributed by atoms with Crippen molar-refractivity contribution in [3.63, 3.8) is 0 Å². The van der Waals surface area contributed by atoms with E-state index in [2.05, 4.69) is 22.1 Å². The zero-order valence-corrected chi connectivity index (χ0v) is 13.8. The number of carboxylic acids is 1. The topological polar surface area (TPSA) is 83.4 Å². The molecule has 1 aromatic carbocycles. The van der Waals surface area contributed by atoms with Crippen LogP contribution in [-0.2, 0) is 6.42 Å². The lowest BCUT2D eigenvalue weighted by molar-refractivity contribution is 0.0626. The van der Waals surface area contributed by atoms with E-state index in [1.807, 2.05) is 17.0 Å². The van der Waals surface area contributed by atoms with Crippen LogP contribution in [-0.4, -0.2) is 37.9 Å². The van der Waals surface area contributed by atoms with Crippen molar-refractivity contribution >= 4 is 11.9 Å². The van der Waals surface area contributed by atoms with Gasteiger partial charge in [0.15, 0.2) is 5.69 Å². The number of nitrogens with zero attached hydrogens (tertiary/aromatic N) is 3. The van der Waals surface area contributed by atoms with Gasteiger partial charge in [0.05, 0.1) is 18.4 Å². The Bertz CT molecular complexity index is 815. The van der Waals surface area contributed by atoms with Gasteiger partial charge in [-0.25, -0.2) is 14.8 Å². The number of rotatable bonds is 4. The van der Waals surface area contributed by atoms with Crippen LogP contribution >= 0.6 is 0 Å². The summed E-state index contributed by atoms with van der Waals surface area (Å²) in [6.45, 7) is 0. The summed E-state index contributed by atoms with van der Waals surface area (Å²) >= 11 is 0. The second kappa shape index (κ2) is 6.27. The van der Waals surface area contributed by atoms with Gasteiger partial charge in [-0.2, -0.15) is 0 Å². The first-order valence-corrected chi connectivity index (χ1v) is 8.61. The summed E-state index contributed by atoms with van der Waals surface area (Å²) in [5.74, 6) is -1.31. The second-order valence-electron chi connectivity index (χ2n) is 6.64. The molecule has 4 rings (SSSR count). The maximum atomic E-state index is 13.1. The number of hydrogen-bond donors (Lipinski definition) is 1. The van der Waals surface area contributed by atoms with Crippen LogP contribution in [0.15, 0.2) is 36.7 Å². The molecule has 0 radical (unpaired) electrons. The summed E-state index contributed by atoms with van der Waals surface area (Å²) < 4.78 is 0. The average molecular weight is 337 g/mol. The summed E-state index contributed by atoms with van der Waals surface area (Å²) in [5, 5.41) is 8.94. The maximum absolute atomic E-state index is 13.1. The van der Waals surface area contributed by atoms with Crippen molar-refractivity contribution in [3.8, 4) is 0 Å². The molecule has 25 heavy (non-hydrogen) atoms. The van der Waals surface area contributed by atoms with Gasteiger partial charge in [-0.05, 0) is 43.2 Å². The number of carboxylic acid groups (broad SMARTS) is 1. The van der Waals surface area contributed by atoms with Crippen LogP contribution in [0.1, 0.15) is 63.8 Å². The van der Waals surface area contributed by atoms with E-state index in [-0.39, 0.29) is 29.4 Å². The van der Waals surface area contributed by atoms with Gasteiger partial charge >= 0.3 is 5.97 Å². The van der Waals surface area contributed by atoms with E-state index in [4.69, 9.17) is 5.11 Å². The first kappa shape index (κ1) is 15.7. The molecule has 0 aliphatic heterocycles. The molecule has 2 aromatic rings. The average Bonchev–Trinajstić information content (AvgIpc) is 3.47. The molecule has 6 heteroatoms. The molecule has 1 atom stereocenters. The molecule has 1 saturated carbocycles. The van der Waals surface area contributed by atoms with Gasteiger partial charge in [0.25, 0.3) is 5.91 Å². The number of hydrogen-bond acceptors (Lipinski definition) is 4. The molecular formula is C19H19N3O3. The smallest absolute Gasteiger partial charge is 0.356 e. The van der Waals surface area contributed by atoms with Crippen LogP contribution < -0.4 is 0 Å². The first-order chi connectivity index (χ1) is 12.1. The van der Waals surface area contributed by atoms with Gasteiger partial charge < -0.3 is 10.0 Å². The Morgan fingerprint density at radius 3 is 2.44 bits per heavy atom. The Morgan fingerprint density at radius 2 is 1.76 bits per heavy atom. The zero-order chi connectivity index (χ0) is 17.4. The fourth-order valence-corrected chi connectivity index (χ4v) is 3.61. The van der Waals surface area contributed by atoms with Crippen molar-refractivity contribution in [2.45, 2.75) is 44.2 Å². The zero-order valence-electron chi connectivity index (χ0n) is 13.8. The molecule has 2 aliphatic carbocycles. The van der Waals surface area contributed by atoms with Crippen molar-refractivity contribution < 1.29 is 14.7 Å². The number of carbonyl (C=O) groups is 2. The molecule has 2 aliphatic rings. The van der Waals surface area contributed by atoms with Gasteiger partial charge in [-0.15, -0.1) is 0 Å². The molecule has 1 unspecified atom stereocenters. The minimum Gasteiger partial charge on any atom is -0.476 e. The van der Waals surface area contributed by atoms with E-state index in [0.29, 0.717) is 0 Å². The highest BCUT2D eigenvalue weighted by Gasteiger charge is 2.40. The van der Waals surface area contributed by atoms with Crippen molar-refractivity contribution in [2.75, 3.05) is 0 Å². The van der Waals surface area contributed by atoms with Crippen molar-refractivity contribution in [3.05, 3.63) is 59.2 Å². The van der Waals surface area contributed by atoms with Gasteiger partial charge in [0.2, 0.25) is 0 Å². The van der Waals surface area contributed by atoms with Crippen molar-refractivity contribution in [1.82, 2.24) is 14.9 Å². The van der Waals surface area contributed by atoms with E-state index in [1.165, 1.54) is 17.3 Å². The van der Waals surface area contributed by atoms with Crippen LogP contribution in [0.25, 0.3) is 0 Å². The highest BCUT2D eigenvalue weighted by atomic mass is 16.4. The van der Waals surface area contributed by atoms with E-state index in [1.54, 1.807) is 0 Å². The van der Waals surface area contributed by atoms with Crippen LogP contribution in [0, 0.1) is 0 Å². The fraction of sp³-hybridized carbons (Fsp3) is 0.368. The van der Waals surface area contributed by atoms with Gasteiger partial charge in [-0.1, -0.05) is 24.3 Å². The summed E-state index contributed by atoms with van der Waals surface area (Å²) in [6, 6.07) is 8.62. The number of carbonyl (C=O) groups excluding carboxylic acids is 1. The number of benzene rings is 1. The molecule has 1 N–H and O–H groups in total. The van der Waals surface area contributed by atoms with Crippen molar-refractivity contribution in [2.24, 2.45) is 0 Å². The molecule has 1 aromatic heterocycles. The molecule has 1 fully saturated rings. The monoisotopic (exact) mass is 337 g/mol. The summed E-state index contributed by atoms with van der Waals surface area (Å²) in [4.78, 5) is 33.8. The maximum Gasteiger partial charge on any atom is 0.356 e. The minimum absolute atomic E-state index is 0.0610. The third kappa shape index (κ3) is 2.99. The molecule has 0 bridgehead atoms. The lowest BCUT2D eigenvalue weighted by Gasteiger charge is -2.36. The van der Waals surface area contributed by atoms with Crippen LogP contribution in [0.4, 0.5) is 0 Å². The van der Waals surface area contributed by atoms with Gasteiger partial charge in [0.1, 0.15) is 5.69 Å². The Morgan fingerprint density at radius 1 is 1.04 bits per heavy atom. The number of fused-ring (bicyclic) bond motifs is 1. The molecule has 1 amide bonds. The number of amides is 1. The highest BCUT2D eigenvalue weighted by molar-refractivity contribution is 5.93. The Balaban J connectivity index is 1.66. The predicted octanol–water partition coefficient (Wildman–Crippen LogP) is 2.86. The number of aromatic carboxylic acids is 1. The van der Waals surface area contributed by atoms with Gasteiger partial charge in [0, 0.05) is 6.04 Å². The lowest BCUT2D eigenvalue weighted by Crippen LogP contribution is -2.39. The number of aromatic nitrogens is 2.